The molecule has 1 unspecified atom stereocenters. The van der Waals surface area contributed by atoms with Gasteiger partial charge in [0.05, 0.1) is 24.4 Å². The highest BCUT2D eigenvalue weighted by atomic mass is 32.1. The van der Waals surface area contributed by atoms with Gasteiger partial charge in [0.25, 0.3) is 5.91 Å². The van der Waals surface area contributed by atoms with E-state index in [1.54, 1.807) is 16.0 Å². The molecule has 1 fully saturated rings. The topological polar surface area (TPSA) is 80.0 Å². The Kier molecular flexibility index (Phi) is 6.32. The first-order valence-corrected chi connectivity index (χ1v) is 12.1. The monoisotopic (exact) mass is 458 g/mol. The van der Waals surface area contributed by atoms with Crippen molar-refractivity contribution in [3.63, 3.8) is 0 Å². The van der Waals surface area contributed by atoms with Gasteiger partial charge in [-0.3, -0.25) is 4.79 Å². The largest absolute Gasteiger partial charge is 0.392 e. The molecule has 5 rings (SSSR count). The highest BCUT2D eigenvalue weighted by Gasteiger charge is 2.29. The van der Waals surface area contributed by atoms with Crippen molar-refractivity contribution in [2.45, 2.75) is 43.9 Å². The van der Waals surface area contributed by atoms with Crippen molar-refractivity contribution in [1.82, 2.24) is 20.3 Å². The van der Waals surface area contributed by atoms with Crippen LogP contribution in [0.2, 0.25) is 0 Å². The number of thiophene rings is 1. The number of aromatic nitrogens is 3. The number of aliphatic hydroxyl groups is 1. The van der Waals surface area contributed by atoms with Crippen LogP contribution >= 0.6 is 11.3 Å². The Labute approximate surface area is 196 Å². The summed E-state index contributed by atoms with van der Waals surface area (Å²) in [7, 11) is 0. The van der Waals surface area contributed by atoms with Crippen LogP contribution in [0.15, 0.2) is 78.3 Å². The lowest BCUT2D eigenvalue weighted by Gasteiger charge is -2.18. The van der Waals surface area contributed by atoms with Crippen LogP contribution < -0.4 is 5.32 Å². The Morgan fingerprint density at radius 2 is 1.91 bits per heavy atom. The quantitative estimate of drug-likeness (QED) is 0.426. The molecule has 0 radical (unpaired) electrons. The van der Waals surface area contributed by atoms with Gasteiger partial charge in [-0.05, 0) is 47.5 Å². The van der Waals surface area contributed by atoms with Crippen LogP contribution in [-0.2, 0) is 6.54 Å². The Morgan fingerprint density at radius 1 is 1.09 bits per heavy atom. The van der Waals surface area contributed by atoms with Gasteiger partial charge in [-0.2, -0.15) is 0 Å². The number of rotatable bonds is 7. The normalized spacial score (nSPS) is 18.8. The molecule has 2 N–H and O–H groups in total. The second kappa shape index (κ2) is 9.68. The van der Waals surface area contributed by atoms with E-state index in [2.05, 4.69) is 15.6 Å². The first kappa shape index (κ1) is 21.6. The average Bonchev–Trinajstić information content (AvgIpc) is 3.61. The van der Waals surface area contributed by atoms with E-state index in [-0.39, 0.29) is 24.0 Å². The maximum Gasteiger partial charge on any atom is 0.252 e. The van der Waals surface area contributed by atoms with E-state index in [4.69, 9.17) is 0 Å². The molecule has 1 aliphatic rings. The van der Waals surface area contributed by atoms with E-state index in [0.29, 0.717) is 12.1 Å². The number of hydrogen-bond acceptors (Lipinski definition) is 5. The summed E-state index contributed by atoms with van der Waals surface area (Å²) in [6.07, 6.45) is 4.42. The van der Waals surface area contributed by atoms with Gasteiger partial charge in [0.15, 0.2) is 0 Å². The number of amides is 1. The number of nitrogens with zero attached hydrogens (tertiary/aromatic N) is 3. The van der Waals surface area contributed by atoms with Crippen LogP contribution in [0, 0.1) is 0 Å². The van der Waals surface area contributed by atoms with Crippen molar-refractivity contribution < 1.29 is 9.90 Å². The summed E-state index contributed by atoms with van der Waals surface area (Å²) in [4.78, 5) is 14.1. The van der Waals surface area contributed by atoms with Crippen LogP contribution in [0.25, 0.3) is 0 Å². The molecule has 0 spiro atoms. The first-order valence-electron chi connectivity index (χ1n) is 11.2. The standard InChI is InChI=1S/C26H26N4O2S/c31-23-9-4-8-21(23)22-17-30(29-28-22)16-18-11-13-20(14-12-18)26(32)27-25(24-10-5-15-33-24)19-6-2-1-3-7-19/h1-3,5-7,10-15,17,21,23,25,31H,4,8-9,16H2,(H,27,32)/t21-,23+,25?/m0/s1. The Morgan fingerprint density at radius 3 is 2.61 bits per heavy atom. The Bertz CT molecular complexity index is 1190. The Hall–Kier alpha value is -3.29. The van der Waals surface area contributed by atoms with Crippen molar-refractivity contribution in [2.24, 2.45) is 0 Å². The van der Waals surface area contributed by atoms with E-state index in [9.17, 15) is 9.90 Å². The van der Waals surface area contributed by atoms with E-state index in [1.165, 1.54) is 0 Å². The van der Waals surface area contributed by atoms with E-state index >= 15 is 0 Å². The fourth-order valence-corrected chi connectivity index (χ4v) is 5.23. The third-order valence-electron chi connectivity index (χ3n) is 6.21. The summed E-state index contributed by atoms with van der Waals surface area (Å²) in [5.41, 5.74) is 3.56. The minimum Gasteiger partial charge on any atom is -0.392 e. The van der Waals surface area contributed by atoms with E-state index in [1.807, 2.05) is 78.3 Å². The van der Waals surface area contributed by atoms with Gasteiger partial charge in [-0.25, -0.2) is 4.68 Å². The maximum absolute atomic E-state index is 13.0. The number of benzene rings is 2. The number of aliphatic hydroxyl groups excluding tert-OH is 1. The number of hydrogen-bond donors (Lipinski definition) is 2. The maximum atomic E-state index is 13.0. The van der Waals surface area contributed by atoms with Gasteiger partial charge in [-0.1, -0.05) is 60.2 Å². The summed E-state index contributed by atoms with van der Waals surface area (Å²) in [5, 5.41) is 23.8. The van der Waals surface area contributed by atoms with E-state index in [0.717, 1.165) is 41.0 Å². The average molecular weight is 459 g/mol. The van der Waals surface area contributed by atoms with Crippen LogP contribution in [0.3, 0.4) is 0 Å². The van der Waals surface area contributed by atoms with Crippen molar-refractivity contribution >= 4 is 17.2 Å². The molecule has 1 aliphatic carbocycles. The van der Waals surface area contributed by atoms with Crippen LogP contribution in [0.5, 0.6) is 0 Å². The highest BCUT2D eigenvalue weighted by molar-refractivity contribution is 7.10. The predicted octanol–water partition coefficient (Wildman–Crippen LogP) is 4.54. The third kappa shape index (κ3) is 4.89. The summed E-state index contributed by atoms with van der Waals surface area (Å²) in [5.74, 6) is -0.0206. The molecule has 4 aromatic rings. The number of nitrogens with one attached hydrogen (secondary N) is 1. The van der Waals surface area contributed by atoms with Crippen LogP contribution in [0.1, 0.15) is 63.3 Å². The molecule has 3 atom stereocenters. The fraction of sp³-hybridized carbons (Fsp3) is 0.269. The van der Waals surface area contributed by atoms with Crippen molar-refractivity contribution in [3.8, 4) is 0 Å². The molecule has 33 heavy (non-hydrogen) atoms. The molecule has 1 amide bonds. The van der Waals surface area contributed by atoms with Crippen molar-refractivity contribution in [3.05, 3.63) is 106 Å². The zero-order valence-corrected chi connectivity index (χ0v) is 19.0. The molecule has 2 aromatic carbocycles. The van der Waals surface area contributed by atoms with E-state index < -0.39 is 0 Å². The van der Waals surface area contributed by atoms with Crippen LogP contribution in [-0.4, -0.2) is 32.1 Å². The van der Waals surface area contributed by atoms with Crippen molar-refractivity contribution in [2.75, 3.05) is 0 Å². The molecular weight excluding hydrogens is 432 g/mol. The molecule has 0 saturated heterocycles. The summed E-state index contributed by atoms with van der Waals surface area (Å²) >= 11 is 1.63. The SMILES string of the molecule is O=C(NC(c1ccccc1)c1cccs1)c1ccc(Cn2cc([C@@H]3CCC[C@H]3O)nn2)cc1. The lowest BCUT2D eigenvalue weighted by Crippen LogP contribution is -2.28. The van der Waals surface area contributed by atoms with Gasteiger partial charge in [-0.15, -0.1) is 16.4 Å². The zero-order valence-electron chi connectivity index (χ0n) is 18.2. The smallest absolute Gasteiger partial charge is 0.252 e. The van der Waals surface area contributed by atoms with Gasteiger partial charge >= 0.3 is 0 Å². The molecule has 168 valence electrons. The van der Waals surface area contributed by atoms with Gasteiger partial charge in [0, 0.05) is 22.6 Å². The van der Waals surface area contributed by atoms with Crippen molar-refractivity contribution in [1.29, 1.82) is 0 Å². The predicted molar refractivity (Wildman–Crippen MR) is 128 cm³/mol. The molecule has 1 saturated carbocycles. The first-order chi connectivity index (χ1) is 16.2. The molecule has 7 heteroatoms. The number of carbonyl (C=O) groups is 1. The minimum atomic E-state index is -0.318. The number of carbonyl (C=O) groups excluding carboxylic acids is 1. The molecule has 0 bridgehead atoms. The highest BCUT2D eigenvalue weighted by Crippen LogP contribution is 2.33. The minimum absolute atomic E-state index is 0.0886. The molecule has 6 nitrogen and oxygen atoms in total. The summed E-state index contributed by atoms with van der Waals surface area (Å²) in [6, 6.07) is 21.5. The Balaban J connectivity index is 1.26. The molecule has 2 heterocycles. The third-order valence-corrected chi connectivity index (χ3v) is 7.15. The second-order valence-electron chi connectivity index (χ2n) is 8.48. The fourth-order valence-electron chi connectivity index (χ4n) is 4.43. The van der Waals surface area contributed by atoms with Gasteiger partial charge in [0.1, 0.15) is 0 Å². The van der Waals surface area contributed by atoms with Gasteiger partial charge in [0.2, 0.25) is 0 Å². The lowest BCUT2D eigenvalue weighted by molar-refractivity contribution is 0.0943. The lowest BCUT2D eigenvalue weighted by atomic mass is 10.0. The molecular formula is C26H26N4O2S. The summed E-state index contributed by atoms with van der Waals surface area (Å²) < 4.78 is 1.79. The molecule has 0 aliphatic heterocycles. The second-order valence-corrected chi connectivity index (χ2v) is 9.45. The van der Waals surface area contributed by atoms with Crippen LogP contribution in [0.4, 0.5) is 0 Å². The van der Waals surface area contributed by atoms with Gasteiger partial charge < -0.3 is 10.4 Å². The molecule has 2 aromatic heterocycles. The summed E-state index contributed by atoms with van der Waals surface area (Å²) in [6.45, 7) is 0.569. The zero-order chi connectivity index (χ0) is 22.6.